The first kappa shape index (κ1) is 29.1. The van der Waals surface area contributed by atoms with Crippen LogP contribution in [0.2, 0.25) is 0 Å². The summed E-state index contributed by atoms with van der Waals surface area (Å²) in [5.74, 6) is -0.0928. The molecule has 12 heteroatoms. The number of nitrogens with one attached hydrogen (secondary N) is 1. The summed E-state index contributed by atoms with van der Waals surface area (Å²) in [7, 11) is 1.37. The van der Waals surface area contributed by atoms with Crippen molar-refractivity contribution >= 4 is 28.9 Å². The van der Waals surface area contributed by atoms with Gasteiger partial charge in [0.1, 0.15) is 5.52 Å². The van der Waals surface area contributed by atoms with Crippen molar-refractivity contribution in [2.75, 3.05) is 45.6 Å². The summed E-state index contributed by atoms with van der Waals surface area (Å²) in [6.45, 7) is 5.98. The minimum atomic E-state index is -0.335. The molecular weight excluding hydrogens is 514 g/mol. The van der Waals surface area contributed by atoms with Crippen LogP contribution in [0.15, 0.2) is 29.1 Å². The summed E-state index contributed by atoms with van der Waals surface area (Å²) in [4.78, 5) is 53.0. The highest BCUT2D eigenvalue weighted by atomic mass is 16.5. The molecule has 1 aliphatic rings. The predicted molar refractivity (Wildman–Crippen MR) is 151 cm³/mol. The number of imidazole rings is 1. The first-order valence-electron chi connectivity index (χ1n) is 13.9. The van der Waals surface area contributed by atoms with E-state index in [1.165, 1.54) is 11.7 Å². The van der Waals surface area contributed by atoms with Crippen molar-refractivity contribution in [3.63, 3.8) is 0 Å². The topological polar surface area (TPSA) is 149 Å². The number of ether oxygens (including phenoxy) is 2. The Labute approximate surface area is 233 Å². The summed E-state index contributed by atoms with van der Waals surface area (Å²) >= 11 is 0. The molecule has 1 aliphatic heterocycles. The highest BCUT2D eigenvalue weighted by Gasteiger charge is 2.21. The van der Waals surface area contributed by atoms with Crippen molar-refractivity contribution in [1.82, 2.24) is 29.3 Å². The van der Waals surface area contributed by atoms with Crippen molar-refractivity contribution in [2.45, 2.75) is 58.5 Å². The maximum atomic E-state index is 13.3. The second-order valence-corrected chi connectivity index (χ2v) is 10.1. The highest BCUT2D eigenvalue weighted by molar-refractivity contribution is 5.82. The van der Waals surface area contributed by atoms with E-state index < -0.39 is 0 Å². The van der Waals surface area contributed by atoms with Crippen LogP contribution in [0.4, 0.5) is 5.82 Å². The molecule has 40 heavy (non-hydrogen) atoms. The number of hydrogen-bond acceptors (Lipinski definition) is 9. The lowest BCUT2D eigenvalue weighted by Gasteiger charge is -2.25. The monoisotopic (exact) mass is 553 g/mol. The fourth-order valence-electron chi connectivity index (χ4n) is 4.78. The van der Waals surface area contributed by atoms with Crippen LogP contribution in [0.1, 0.15) is 50.2 Å². The number of H-pyrrole nitrogens is 1. The van der Waals surface area contributed by atoms with Gasteiger partial charge in [0.15, 0.2) is 11.5 Å². The van der Waals surface area contributed by atoms with Crippen LogP contribution in [0.5, 0.6) is 6.01 Å². The number of fused-ring (bicyclic) bond motifs is 1. The minimum absolute atomic E-state index is 0.0463. The lowest BCUT2D eigenvalue weighted by molar-refractivity contribution is -0.139. The summed E-state index contributed by atoms with van der Waals surface area (Å²) in [5, 5.41) is 0. The molecule has 0 unspecified atom stereocenters. The number of nitrogen functional groups attached to an aromatic ring is 1. The summed E-state index contributed by atoms with van der Waals surface area (Å²) < 4.78 is 11.9. The molecule has 1 amide bonds. The van der Waals surface area contributed by atoms with Gasteiger partial charge in [-0.1, -0.05) is 37.6 Å². The normalized spacial score (nSPS) is 13.6. The number of carbonyl (C=O) groups is 2. The zero-order chi connectivity index (χ0) is 28.5. The van der Waals surface area contributed by atoms with E-state index in [2.05, 4.69) is 26.8 Å². The molecule has 1 fully saturated rings. The molecule has 2 aromatic heterocycles. The van der Waals surface area contributed by atoms with E-state index in [1.807, 2.05) is 29.2 Å². The quantitative estimate of drug-likeness (QED) is 0.226. The van der Waals surface area contributed by atoms with Crippen LogP contribution >= 0.6 is 0 Å². The predicted octanol–water partition coefficient (Wildman–Crippen LogP) is 2.11. The van der Waals surface area contributed by atoms with Crippen molar-refractivity contribution in [1.29, 1.82) is 0 Å². The van der Waals surface area contributed by atoms with E-state index >= 15 is 0 Å². The number of rotatable bonds is 14. The minimum Gasteiger partial charge on any atom is -0.469 e. The Morgan fingerprint density at radius 1 is 1.10 bits per heavy atom. The Kier molecular flexibility index (Phi) is 10.1. The van der Waals surface area contributed by atoms with Crippen molar-refractivity contribution in [3.8, 4) is 6.01 Å². The van der Waals surface area contributed by atoms with Gasteiger partial charge in [0.25, 0.3) is 0 Å². The maximum absolute atomic E-state index is 13.3. The van der Waals surface area contributed by atoms with Gasteiger partial charge in [0.2, 0.25) is 5.91 Å². The van der Waals surface area contributed by atoms with Gasteiger partial charge in [-0.15, -0.1) is 0 Å². The Morgan fingerprint density at radius 2 is 1.82 bits per heavy atom. The van der Waals surface area contributed by atoms with Gasteiger partial charge in [-0.25, -0.2) is 4.79 Å². The van der Waals surface area contributed by atoms with Gasteiger partial charge in [-0.2, -0.15) is 9.97 Å². The second kappa shape index (κ2) is 13.9. The zero-order valence-corrected chi connectivity index (χ0v) is 23.4. The number of hydrogen-bond donors (Lipinski definition) is 2. The first-order chi connectivity index (χ1) is 19.4. The number of aryl methyl sites for hydroxylation is 1. The fourth-order valence-corrected chi connectivity index (χ4v) is 4.78. The van der Waals surface area contributed by atoms with Crippen LogP contribution in [0.3, 0.4) is 0 Å². The van der Waals surface area contributed by atoms with Crippen molar-refractivity contribution < 1.29 is 19.1 Å². The number of methoxy groups -OCH3 is 1. The smallest absolute Gasteiger partial charge is 0.327 e. The molecule has 0 spiro atoms. The number of amides is 1. The molecule has 3 heterocycles. The van der Waals surface area contributed by atoms with Gasteiger partial charge in [-0.05, 0) is 49.9 Å². The molecule has 3 N–H and O–H groups in total. The van der Waals surface area contributed by atoms with Crippen LogP contribution in [-0.2, 0) is 33.8 Å². The van der Waals surface area contributed by atoms with Crippen LogP contribution in [-0.4, -0.2) is 81.1 Å². The lowest BCUT2D eigenvalue weighted by atomic mass is 10.1. The lowest BCUT2D eigenvalue weighted by Crippen LogP contribution is -2.40. The number of likely N-dealkylation sites (tertiary alicyclic amines) is 1. The molecular formula is C28H39N7O5. The first-order valence-corrected chi connectivity index (χ1v) is 13.9. The molecule has 4 rings (SSSR count). The molecule has 0 atom stereocenters. The van der Waals surface area contributed by atoms with Crippen LogP contribution in [0, 0.1) is 0 Å². The van der Waals surface area contributed by atoms with E-state index in [-0.39, 0.29) is 35.8 Å². The number of esters is 1. The molecule has 0 radical (unpaired) electrons. The Bertz CT molecular complexity index is 1350. The van der Waals surface area contributed by atoms with Gasteiger partial charge in [0, 0.05) is 19.6 Å². The largest absolute Gasteiger partial charge is 0.469 e. The molecule has 1 saturated heterocycles. The molecule has 0 bridgehead atoms. The SMILES string of the molecule is CCCCOc1nc(N)c2[nH]c(=O)n(CCCN(Cc3ccc(CC(=O)OC)cc3)C(=O)CN3CCCC3)c2n1. The number of nitrogens with two attached hydrogens (primary N) is 1. The summed E-state index contributed by atoms with van der Waals surface area (Å²) in [5.41, 5.74) is 8.31. The number of carbonyl (C=O) groups excluding carboxylic acids is 2. The molecule has 0 saturated carbocycles. The second-order valence-electron chi connectivity index (χ2n) is 10.1. The molecule has 1 aromatic carbocycles. The number of anilines is 1. The Balaban J connectivity index is 1.46. The number of aromatic amines is 1. The zero-order valence-electron chi connectivity index (χ0n) is 23.4. The molecule has 0 aliphatic carbocycles. The third kappa shape index (κ3) is 7.59. The average molecular weight is 554 g/mol. The van der Waals surface area contributed by atoms with Gasteiger partial charge in [-0.3, -0.25) is 19.1 Å². The van der Waals surface area contributed by atoms with Gasteiger partial charge >= 0.3 is 17.7 Å². The number of unbranched alkanes of at least 4 members (excludes halogenated alkanes) is 1. The molecule has 12 nitrogen and oxygen atoms in total. The number of nitrogens with zero attached hydrogens (tertiary/aromatic N) is 5. The standard InChI is InChI=1S/C28H39N7O5/c1-3-4-16-40-27-31-25(29)24-26(32-27)35(28(38)30-24)15-7-14-34(22(36)19-33-12-5-6-13-33)18-21-10-8-20(9-11-21)17-23(37)39-2/h8-11H,3-7,12-19H2,1-2H3,(H,30,38)(H2,29,31,32). The summed E-state index contributed by atoms with van der Waals surface area (Å²) in [6.07, 6.45) is 4.77. The maximum Gasteiger partial charge on any atom is 0.327 e. The van der Waals surface area contributed by atoms with E-state index in [0.29, 0.717) is 50.4 Å². The van der Waals surface area contributed by atoms with E-state index in [4.69, 9.17) is 15.2 Å². The van der Waals surface area contributed by atoms with E-state index in [0.717, 1.165) is 49.9 Å². The third-order valence-corrected chi connectivity index (χ3v) is 7.05. The average Bonchev–Trinajstić information content (AvgIpc) is 3.57. The van der Waals surface area contributed by atoms with Crippen LogP contribution in [0.25, 0.3) is 11.2 Å². The van der Waals surface area contributed by atoms with Gasteiger partial charge < -0.3 is 25.1 Å². The van der Waals surface area contributed by atoms with Crippen LogP contribution < -0.4 is 16.2 Å². The Morgan fingerprint density at radius 3 is 2.52 bits per heavy atom. The Hall–Kier alpha value is -3.93. The number of benzene rings is 1. The highest BCUT2D eigenvalue weighted by Crippen LogP contribution is 2.18. The van der Waals surface area contributed by atoms with Gasteiger partial charge in [0.05, 0.1) is 26.7 Å². The third-order valence-electron chi connectivity index (χ3n) is 7.05. The van der Waals surface area contributed by atoms with E-state index in [9.17, 15) is 14.4 Å². The molecule has 216 valence electrons. The number of aromatic nitrogens is 4. The van der Waals surface area contributed by atoms with Crippen molar-refractivity contribution in [3.05, 3.63) is 45.9 Å². The van der Waals surface area contributed by atoms with E-state index in [1.54, 1.807) is 0 Å². The summed E-state index contributed by atoms with van der Waals surface area (Å²) in [6, 6.07) is 7.76. The van der Waals surface area contributed by atoms with Crippen molar-refractivity contribution in [2.24, 2.45) is 0 Å². The molecule has 3 aromatic rings. The fraction of sp³-hybridized carbons (Fsp3) is 0.536.